The number of nitrogens with zero attached hydrogens (tertiary/aromatic N) is 1. The molecule has 3 N–H and O–H groups in total. The van der Waals surface area contributed by atoms with Gasteiger partial charge in [-0.2, -0.15) is 13.2 Å². The molecular formula is C28H39F3N3O5P. The Kier molecular flexibility index (Phi) is 9.66. The lowest BCUT2D eigenvalue weighted by Gasteiger charge is -2.32. The number of rotatable bonds is 6. The molecule has 40 heavy (non-hydrogen) atoms. The molecule has 0 radical (unpaired) electrons. The van der Waals surface area contributed by atoms with Crippen LogP contribution in [-0.2, 0) is 25.1 Å². The molecule has 4 rings (SSSR count). The average molecular weight is 586 g/mol. The minimum Gasteiger partial charge on any atom is -0.344 e. The molecule has 1 saturated carbocycles. The lowest BCUT2D eigenvalue weighted by Crippen LogP contribution is -2.55. The maximum absolute atomic E-state index is 13.8. The van der Waals surface area contributed by atoms with Crippen molar-refractivity contribution >= 4 is 25.1 Å². The second kappa shape index (κ2) is 12.6. The number of hydrogen-bond donors (Lipinski definition) is 3. The number of alkyl halides is 3. The van der Waals surface area contributed by atoms with Crippen LogP contribution < -0.4 is 10.6 Å². The van der Waals surface area contributed by atoms with Crippen LogP contribution in [0.1, 0.15) is 82.6 Å². The monoisotopic (exact) mass is 585 g/mol. The second-order valence-electron chi connectivity index (χ2n) is 11.4. The Hall–Kier alpha value is -2.39. The third-order valence-corrected chi connectivity index (χ3v) is 11.1. The second-order valence-corrected chi connectivity index (χ2v) is 13.9. The summed E-state index contributed by atoms with van der Waals surface area (Å²) in [5, 5.41) is 4.17. The minimum absolute atomic E-state index is 0.0655. The molecule has 2 aliphatic heterocycles. The van der Waals surface area contributed by atoms with Gasteiger partial charge < -0.3 is 20.4 Å². The van der Waals surface area contributed by atoms with Crippen LogP contribution in [0.5, 0.6) is 0 Å². The van der Waals surface area contributed by atoms with E-state index in [1.807, 2.05) is 6.07 Å². The van der Waals surface area contributed by atoms with Crippen molar-refractivity contribution in [2.45, 2.75) is 107 Å². The summed E-state index contributed by atoms with van der Waals surface area (Å²) in [4.78, 5) is 52.2. The van der Waals surface area contributed by atoms with Crippen molar-refractivity contribution in [1.29, 1.82) is 0 Å². The molecule has 1 aliphatic carbocycles. The van der Waals surface area contributed by atoms with Gasteiger partial charge in [-0.25, -0.2) is 0 Å². The molecule has 3 aliphatic rings. The predicted molar refractivity (Wildman–Crippen MR) is 143 cm³/mol. The Morgan fingerprint density at radius 2 is 1.73 bits per heavy atom. The highest BCUT2D eigenvalue weighted by molar-refractivity contribution is 7.59. The van der Waals surface area contributed by atoms with Crippen molar-refractivity contribution in [2.24, 2.45) is 5.92 Å². The van der Waals surface area contributed by atoms with Crippen LogP contribution in [0, 0.1) is 5.92 Å². The van der Waals surface area contributed by atoms with E-state index < -0.39 is 61.5 Å². The summed E-state index contributed by atoms with van der Waals surface area (Å²) in [6.07, 6.45) is -0.341. The van der Waals surface area contributed by atoms with E-state index in [0.717, 1.165) is 25.7 Å². The van der Waals surface area contributed by atoms with Gasteiger partial charge in [0.2, 0.25) is 25.1 Å². The Morgan fingerprint density at radius 1 is 1.05 bits per heavy atom. The lowest BCUT2D eigenvalue weighted by molar-refractivity contribution is -0.146. The number of amides is 3. The fourth-order valence-electron chi connectivity index (χ4n) is 6.15. The Balaban J connectivity index is 1.53. The number of nitrogens with one attached hydrogen (secondary N) is 2. The van der Waals surface area contributed by atoms with Crippen molar-refractivity contribution in [3.05, 3.63) is 35.9 Å². The van der Waals surface area contributed by atoms with Crippen molar-refractivity contribution in [2.75, 3.05) is 6.54 Å². The number of carbonyl (C=O) groups excluding carboxylic acids is 3. The van der Waals surface area contributed by atoms with Gasteiger partial charge in [-0.3, -0.25) is 18.9 Å². The smallest absolute Gasteiger partial charge is 0.344 e. The van der Waals surface area contributed by atoms with Gasteiger partial charge in [0, 0.05) is 13.0 Å². The maximum Gasteiger partial charge on any atom is 0.389 e. The molecule has 222 valence electrons. The molecular weight excluding hydrogens is 546 g/mol. The van der Waals surface area contributed by atoms with E-state index in [0.29, 0.717) is 37.7 Å². The quantitative estimate of drug-likeness (QED) is 0.413. The molecule has 1 unspecified atom stereocenters. The van der Waals surface area contributed by atoms with E-state index in [1.165, 1.54) is 4.90 Å². The molecule has 1 aromatic rings. The number of hydrogen-bond acceptors (Lipinski definition) is 4. The summed E-state index contributed by atoms with van der Waals surface area (Å²) in [5.41, 5.74) is 0.709. The van der Waals surface area contributed by atoms with Gasteiger partial charge >= 0.3 is 6.18 Å². The normalized spacial score (nSPS) is 29.7. The van der Waals surface area contributed by atoms with Crippen LogP contribution in [0.2, 0.25) is 0 Å². The van der Waals surface area contributed by atoms with Crippen LogP contribution in [0.4, 0.5) is 13.2 Å². The average Bonchev–Trinajstić information content (AvgIpc) is 3.37. The SMILES string of the molecule is O=C(CCC(F)(F)F)N[C@H]1CCCCCCC[C@@H]2C[C@@]2(P(=O)(O)Cc2ccccc2)NC(=O)[C@@H]2CCCN2C1=O. The number of fused-ring (bicyclic) bond motifs is 2. The Labute approximate surface area is 232 Å². The van der Waals surface area contributed by atoms with Crippen molar-refractivity contribution < 1.29 is 37.0 Å². The minimum atomic E-state index is -4.48. The Morgan fingerprint density at radius 3 is 2.42 bits per heavy atom. The summed E-state index contributed by atoms with van der Waals surface area (Å²) < 4.78 is 51.7. The largest absolute Gasteiger partial charge is 0.389 e. The van der Waals surface area contributed by atoms with Crippen molar-refractivity contribution in [1.82, 2.24) is 15.5 Å². The summed E-state index contributed by atoms with van der Waals surface area (Å²) in [7, 11) is -3.89. The van der Waals surface area contributed by atoms with Crippen LogP contribution in [0.15, 0.2) is 30.3 Å². The molecule has 3 amide bonds. The molecule has 2 heterocycles. The first kappa shape index (κ1) is 30.6. The van der Waals surface area contributed by atoms with Crippen LogP contribution in [0.25, 0.3) is 0 Å². The zero-order chi connectivity index (χ0) is 29.0. The lowest BCUT2D eigenvalue weighted by atomic mass is 10.0. The highest BCUT2D eigenvalue weighted by atomic mass is 31.2. The van der Waals surface area contributed by atoms with Crippen molar-refractivity contribution in [3.8, 4) is 0 Å². The van der Waals surface area contributed by atoms with Gasteiger partial charge in [-0.05, 0) is 43.6 Å². The van der Waals surface area contributed by atoms with Gasteiger partial charge in [0.15, 0.2) is 0 Å². The third kappa shape index (κ3) is 7.46. The van der Waals surface area contributed by atoms with Gasteiger partial charge in [0.05, 0.1) is 12.6 Å². The van der Waals surface area contributed by atoms with Gasteiger partial charge in [0.25, 0.3) is 0 Å². The Bertz CT molecular complexity index is 1120. The molecule has 0 bridgehead atoms. The maximum atomic E-state index is 13.8. The number of benzene rings is 1. The predicted octanol–water partition coefficient (Wildman–Crippen LogP) is 4.85. The summed E-state index contributed by atoms with van der Waals surface area (Å²) in [6, 6.07) is 7.09. The van der Waals surface area contributed by atoms with E-state index in [1.54, 1.807) is 24.3 Å². The fraction of sp³-hybridized carbons (Fsp3) is 0.679. The number of carbonyl (C=O) groups is 3. The molecule has 2 saturated heterocycles. The molecule has 12 heteroatoms. The van der Waals surface area contributed by atoms with Crippen LogP contribution >= 0.6 is 7.37 Å². The number of halogens is 3. The molecule has 5 atom stereocenters. The standard InChI is InChI=1S/C28H39F3N3O5P/c29-28(30,31)16-15-24(35)32-22-13-8-3-1-2-7-12-21-18-27(21,40(38,39)19-20-10-5-4-6-11-20)33-25(36)23-14-9-17-34(23)26(22)37/h4-6,10-11,21-23H,1-3,7-9,12-19H2,(H,32,35)(H,33,36)(H,38,39)/t21-,22+,23+,27+/m1/s1. The third-order valence-electron chi connectivity index (χ3n) is 8.43. The fourth-order valence-corrected chi connectivity index (χ4v) is 8.62. The van der Waals surface area contributed by atoms with E-state index in [4.69, 9.17) is 0 Å². The van der Waals surface area contributed by atoms with Crippen LogP contribution in [-0.4, -0.2) is 57.6 Å². The summed E-state index contributed by atoms with van der Waals surface area (Å²) in [5.74, 6) is -1.97. The van der Waals surface area contributed by atoms with Gasteiger partial charge in [-0.1, -0.05) is 62.4 Å². The molecule has 0 aromatic heterocycles. The summed E-state index contributed by atoms with van der Waals surface area (Å²) in [6.45, 7) is 0.267. The molecule has 8 nitrogen and oxygen atoms in total. The van der Waals surface area contributed by atoms with Crippen LogP contribution in [0.3, 0.4) is 0 Å². The zero-order valence-electron chi connectivity index (χ0n) is 22.6. The first-order valence-electron chi connectivity index (χ1n) is 14.3. The van der Waals surface area contributed by atoms with Crippen molar-refractivity contribution in [3.63, 3.8) is 0 Å². The topological polar surface area (TPSA) is 116 Å². The van der Waals surface area contributed by atoms with E-state index in [2.05, 4.69) is 10.6 Å². The van der Waals surface area contributed by atoms with Gasteiger partial charge in [0.1, 0.15) is 17.4 Å². The molecule has 3 fully saturated rings. The highest BCUT2D eigenvalue weighted by Gasteiger charge is 2.66. The van der Waals surface area contributed by atoms with E-state index >= 15 is 0 Å². The summed E-state index contributed by atoms with van der Waals surface area (Å²) >= 11 is 0. The van der Waals surface area contributed by atoms with E-state index in [-0.39, 0.29) is 25.0 Å². The molecule has 0 spiro atoms. The first-order chi connectivity index (χ1) is 18.9. The molecule has 1 aromatic carbocycles. The highest BCUT2D eigenvalue weighted by Crippen LogP contribution is 2.71. The zero-order valence-corrected chi connectivity index (χ0v) is 23.5. The van der Waals surface area contributed by atoms with E-state index in [9.17, 15) is 37.0 Å². The van der Waals surface area contributed by atoms with Gasteiger partial charge in [-0.15, -0.1) is 0 Å². The first-order valence-corrected chi connectivity index (χ1v) is 16.1.